The van der Waals surface area contributed by atoms with Gasteiger partial charge >= 0.3 is 0 Å². The molecule has 112 valence electrons. The van der Waals surface area contributed by atoms with Crippen LogP contribution in [0.15, 0.2) is 28.7 Å². The lowest BCUT2D eigenvalue weighted by atomic mass is 10.0. The van der Waals surface area contributed by atoms with E-state index in [4.69, 9.17) is 16.0 Å². The van der Waals surface area contributed by atoms with E-state index in [1.165, 1.54) is 0 Å². The molecule has 1 aromatic heterocycles. The van der Waals surface area contributed by atoms with E-state index in [9.17, 15) is 4.79 Å². The molecule has 0 saturated heterocycles. The molecule has 0 aliphatic heterocycles. The summed E-state index contributed by atoms with van der Waals surface area (Å²) in [6, 6.07) is 7.13. The maximum absolute atomic E-state index is 11.9. The van der Waals surface area contributed by atoms with Gasteiger partial charge in [-0.1, -0.05) is 25.4 Å². The third-order valence-corrected chi connectivity index (χ3v) is 3.58. The van der Waals surface area contributed by atoms with Crippen molar-refractivity contribution in [2.45, 2.75) is 33.2 Å². The van der Waals surface area contributed by atoms with Crippen molar-refractivity contribution >= 4 is 17.5 Å². The van der Waals surface area contributed by atoms with Crippen LogP contribution in [0.25, 0.3) is 11.5 Å². The van der Waals surface area contributed by atoms with Gasteiger partial charge in [0.25, 0.3) is 0 Å². The normalized spacial score (nSPS) is 10.9. The number of rotatable bonds is 6. The Hall–Kier alpha value is -1.88. The zero-order valence-corrected chi connectivity index (χ0v) is 12.9. The fraction of sp³-hybridized carbons (Fsp3) is 0.400. The van der Waals surface area contributed by atoms with Crippen LogP contribution in [-0.4, -0.2) is 16.1 Å². The molecule has 0 aliphatic carbocycles. The number of aromatic nitrogens is 2. The van der Waals surface area contributed by atoms with E-state index in [1.54, 1.807) is 12.1 Å². The second kappa shape index (κ2) is 7.22. The molecule has 6 heteroatoms. The molecule has 0 bridgehead atoms. The van der Waals surface area contributed by atoms with Crippen molar-refractivity contribution in [3.63, 3.8) is 0 Å². The number of benzene rings is 1. The molecule has 1 heterocycles. The van der Waals surface area contributed by atoms with Gasteiger partial charge in [0.05, 0.1) is 6.54 Å². The van der Waals surface area contributed by atoms with E-state index < -0.39 is 0 Å². The quantitative estimate of drug-likeness (QED) is 0.887. The van der Waals surface area contributed by atoms with E-state index in [0.717, 1.165) is 18.4 Å². The van der Waals surface area contributed by atoms with Crippen LogP contribution in [-0.2, 0) is 11.3 Å². The highest BCUT2D eigenvalue weighted by Gasteiger charge is 2.15. The summed E-state index contributed by atoms with van der Waals surface area (Å²) in [6.07, 6.45) is 1.64. The molecule has 0 spiro atoms. The van der Waals surface area contributed by atoms with Crippen LogP contribution in [0.1, 0.15) is 32.6 Å². The van der Waals surface area contributed by atoms with Crippen molar-refractivity contribution in [3.8, 4) is 11.5 Å². The number of carbonyl (C=O) groups excluding carboxylic acids is 1. The maximum Gasteiger partial charge on any atom is 0.247 e. The van der Waals surface area contributed by atoms with Crippen molar-refractivity contribution in [2.24, 2.45) is 5.92 Å². The number of hydrogen-bond donors (Lipinski definition) is 1. The fourth-order valence-corrected chi connectivity index (χ4v) is 2.13. The Morgan fingerprint density at radius 2 is 1.90 bits per heavy atom. The van der Waals surface area contributed by atoms with E-state index in [0.29, 0.717) is 16.8 Å². The summed E-state index contributed by atoms with van der Waals surface area (Å²) >= 11 is 5.83. The molecule has 0 radical (unpaired) electrons. The number of nitrogens with one attached hydrogen (secondary N) is 1. The molecule has 0 aliphatic rings. The van der Waals surface area contributed by atoms with Crippen molar-refractivity contribution in [1.29, 1.82) is 0 Å². The second-order valence-corrected chi connectivity index (χ2v) is 5.18. The summed E-state index contributed by atoms with van der Waals surface area (Å²) in [5.41, 5.74) is 0.796. The lowest BCUT2D eigenvalue weighted by Gasteiger charge is -2.10. The van der Waals surface area contributed by atoms with Gasteiger partial charge in [0, 0.05) is 16.5 Å². The Morgan fingerprint density at radius 1 is 1.24 bits per heavy atom. The zero-order chi connectivity index (χ0) is 15.2. The van der Waals surface area contributed by atoms with Gasteiger partial charge in [-0.25, -0.2) is 0 Å². The molecule has 0 unspecified atom stereocenters. The molecule has 0 atom stereocenters. The van der Waals surface area contributed by atoms with E-state index in [2.05, 4.69) is 15.5 Å². The number of nitrogens with zero attached hydrogens (tertiary/aromatic N) is 2. The molecule has 2 rings (SSSR count). The standard InChI is InChI=1S/C15H18ClN3O2/c1-3-10(4-2)14(20)17-9-13-18-19-15(21-13)11-5-7-12(16)8-6-11/h5-8,10H,3-4,9H2,1-2H3,(H,17,20). The van der Waals surface area contributed by atoms with Crippen LogP contribution in [0.3, 0.4) is 0 Å². The van der Waals surface area contributed by atoms with Crippen LogP contribution in [0.4, 0.5) is 0 Å². The van der Waals surface area contributed by atoms with Crippen molar-refractivity contribution < 1.29 is 9.21 Å². The van der Waals surface area contributed by atoms with E-state index in [1.807, 2.05) is 26.0 Å². The van der Waals surface area contributed by atoms with Crippen molar-refractivity contribution in [3.05, 3.63) is 35.2 Å². The molecule has 21 heavy (non-hydrogen) atoms. The first kappa shape index (κ1) is 15.5. The number of amides is 1. The summed E-state index contributed by atoms with van der Waals surface area (Å²) in [6.45, 7) is 4.24. The molecule has 0 fully saturated rings. The van der Waals surface area contributed by atoms with Gasteiger partial charge in [-0.15, -0.1) is 10.2 Å². The average Bonchev–Trinajstić information content (AvgIpc) is 2.96. The number of hydrogen-bond acceptors (Lipinski definition) is 4. The van der Waals surface area contributed by atoms with E-state index >= 15 is 0 Å². The minimum Gasteiger partial charge on any atom is -0.419 e. The maximum atomic E-state index is 11.9. The van der Waals surface area contributed by atoms with Crippen LogP contribution in [0, 0.1) is 5.92 Å². The second-order valence-electron chi connectivity index (χ2n) is 4.74. The minimum absolute atomic E-state index is 0.0197. The molecule has 1 aromatic carbocycles. The summed E-state index contributed by atoms with van der Waals surface area (Å²) in [4.78, 5) is 11.9. The third-order valence-electron chi connectivity index (χ3n) is 3.33. The van der Waals surface area contributed by atoms with Gasteiger partial charge in [0.2, 0.25) is 17.7 Å². The van der Waals surface area contributed by atoms with Gasteiger partial charge < -0.3 is 9.73 Å². The molecule has 1 amide bonds. The minimum atomic E-state index is 0.0197. The first-order valence-corrected chi connectivity index (χ1v) is 7.37. The molecule has 2 aromatic rings. The van der Waals surface area contributed by atoms with Gasteiger partial charge in [0.1, 0.15) is 0 Å². The van der Waals surface area contributed by atoms with Crippen LogP contribution < -0.4 is 5.32 Å². The summed E-state index contributed by atoms with van der Waals surface area (Å²) in [5, 5.41) is 11.4. The number of carbonyl (C=O) groups is 1. The zero-order valence-electron chi connectivity index (χ0n) is 12.1. The van der Waals surface area contributed by atoms with Gasteiger partial charge in [-0.2, -0.15) is 0 Å². The summed E-state index contributed by atoms with van der Waals surface area (Å²) in [5.74, 6) is 0.854. The first-order valence-electron chi connectivity index (χ1n) is 7.00. The van der Waals surface area contributed by atoms with Crippen molar-refractivity contribution in [2.75, 3.05) is 0 Å². The molecule has 0 saturated carbocycles. The monoisotopic (exact) mass is 307 g/mol. The summed E-state index contributed by atoms with van der Waals surface area (Å²) < 4.78 is 5.53. The Balaban J connectivity index is 1.97. The average molecular weight is 308 g/mol. The number of halogens is 1. The lowest BCUT2D eigenvalue weighted by molar-refractivity contribution is -0.125. The van der Waals surface area contributed by atoms with E-state index in [-0.39, 0.29) is 18.4 Å². The predicted molar refractivity (Wildman–Crippen MR) is 80.7 cm³/mol. The fourth-order valence-electron chi connectivity index (χ4n) is 2.00. The van der Waals surface area contributed by atoms with Crippen LogP contribution in [0.5, 0.6) is 0 Å². The highest BCUT2D eigenvalue weighted by Crippen LogP contribution is 2.20. The predicted octanol–water partition coefficient (Wildman–Crippen LogP) is 3.44. The van der Waals surface area contributed by atoms with Crippen LogP contribution in [0.2, 0.25) is 5.02 Å². The van der Waals surface area contributed by atoms with Crippen LogP contribution >= 0.6 is 11.6 Å². The lowest BCUT2D eigenvalue weighted by Crippen LogP contribution is -2.29. The Kier molecular flexibility index (Phi) is 5.33. The molecular formula is C15H18ClN3O2. The largest absolute Gasteiger partial charge is 0.419 e. The Morgan fingerprint density at radius 3 is 2.52 bits per heavy atom. The third kappa shape index (κ3) is 4.04. The van der Waals surface area contributed by atoms with Crippen molar-refractivity contribution in [1.82, 2.24) is 15.5 Å². The summed E-state index contributed by atoms with van der Waals surface area (Å²) in [7, 11) is 0. The molecule has 1 N–H and O–H groups in total. The Labute approximate surface area is 128 Å². The molecular weight excluding hydrogens is 290 g/mol. The highest BCUT2D eigenvalue weighted by molar-refractivity contribution is 6.30. The smallest absolute Gasteiger partial charge is 0.247 e. The topological polar surface area (TPSA) is 68.0 Å². The van der Waals surface area contributed by atoms with Gasteiger partial charge in [-0.3, -0.25) is 4.79 Å². The Bertz CT molecular complexity index is 591. The first-order chi connectivity index (χ1) is 10.1. The van der Waals surface area contributed by atoms with Gasteiger partial charge in [-0.05, 0) is 37.1 Å². The highest BCUT2D eigenvalue weighted by atomic mass is 35.5. The van der Waals surface area contributed by atoms with Gasteiger partial charge in [0.15, 0.2) is 0 Å². The molecule has 5 nitrogen and oxygen atoms in total. The SMILES string of the molecule is CCC(CC)C(=O)NCc1nnc(-c2ccc(Cl)cc2)o1.